The molecule has 0 amide bonds. The van der Waals surface area contributed by atoms with Gasteiger partial charge in [-0.3, -0.25) is 0 Å². The first-order valence-electron chi connectivity index (χ1n) is 1.86. The Labute approximate surface area is 57.4 Å². The van der Waals surface area contributed by atoms with Crippen molar-refractivity contribution in [1.82, 2.24) is 0 Å². The van der Waals surface area contributed by atoms with Crippen LogP contribution in [0.1, 0.15) is 0 Å². The van der Waals surface area contributed by atoms with Gasteiger partial charge in [-0.2, -0.15) is 22.0 Å². The van der Waals surface area contributed by atoms with Gasteiger partial charge in [0.1, 0.15) is 0 Å². The third-order valence-electron chi connectivity index (χ3n) is 0.621. The Morgan fingerprint density at radius 1 is 0.727 bits per heavy atom. The second-order valence-corrected chi connectivity index (χ2v) is 2.75. The summed E-state index contributed by atoms with van der Waals surface area (Å²) in [6.45, 7) is 0. The van der Waals surface area contributed by atoms with Crippen molar-refractivity contribution in [3.8, 4) is 0 Å². The van der Waals surface area contributed by atoms with Crippen LogP contribution in [0.2, 0.25) is 0 Å². The molecule has 0 bridgehead atoms. The number of hydrogen-bond donors (Lipinski definition) is 0. The molecule has 0 unspecified atom stereocenters. The lowest BCUT2D eigenvalue weighted by atomic mass is 10.7. The molecule has 0 saturated heterocycles. The fourth-order valence-electron chi connectivity index (χ4n) is 0.131. The molecule has 0 spiro atoms. The molecule has 70 valence electrons. The second-order valence-electron chi connectivity index (χ2n) is 1.42. The summed E-state index contributed by atoms with van der Waals surface area (Å²) in [4.78, 5) is 0. The van der Waals surface area contributed by atoms with Crippen LogP contribution in [-0.2, 0) is 0 Å². The van der Waals surface area contributed by atoms with Gasteiger partial charge < -0.3 is 0 Å². The molecule has 0 aliphatic rings. The highest BCUT2D eigenvalue weighted by Gasteiger charge is 2.71. The fourth-order valence-corrected chi connectivity index (χ4v) is 0.394. The first-order chi connectivity index (χ1) is 4.50. The van der Waals surface area contributed by atoms with E-state index in [1.54, 1.807) is 0 Å². The summed E-state index contributed by atoms with van der Waals surface area (Å²) in [5, 5.41) is -6.54. The molecule has 0 radical (unpaired) electrons. The van der Waals surface area contributed by atoms with Gasteiger partial charge in [-0.05, 0) is 0 Å². The van der Waals surface area contributed by atoms with Crippen molar-refractivity contribution in [1.29, 1.82) is 0 Å². The summed E-state index contributed by atoms with van der Waals surface area (Å²) in [5.74, 6) is 0. The molecule has 9 heteroatoms. The summed E-state index contributed by atoms with van der Waals surface area (Å²) in [7, 11) is 0. The summed E-state index contributed by atoms with van der Waals surface area (Å²) >= 11 is -7.42. The van der Waals surface area contributed by atoms with E-state index in [9.17, 15) is 33.6 Å². The minimum atomic E-state index is -7.42. The molecule has 0 aromatic rings. The molecule has 0 rings (SSSR count). The van der Waals surface area contributed by atoms with Gasteiger partial charge in [-0.1, -0.05) is 0 Å². The van der Waals surface area contributed by atoms with Crippen molar-refractivity contribution in [2.75, 3.05) is 0 Å². The normalized spacial score (nSPS) is 16.7. The van der Waals surface area contributed by atoms with Gasteiger partial charge >= 0.3 is 11.4 Å². The molecule has 0 aliphatic heterocycles. The summed E-state index contributed by atoms with van der Waals surface area (Å²) < 4.78 is 87.9. The van der Waals surface area contributed by atoms with E-state index in [1.807, 2.05) is 0 Å². The van der Waals surface area contributed by atoms with Crippen molar-refractivity contribution >= 4 is 11.2 Å². The molecule has 0 aliphatic carbocycles. The standard InChI is InChI=1S/C2F8S/c3-1(4,5)2(6,7)11(8,9)10. The van der Waals surface area contributed by atoms with Crippen LogP contribution in [0.5, 0.6) is 0 Å². The molecule has 0 atom stereocenters. The first-order valence-corrected chi connectivity index (χ1v) is 3.20. The van der Waals surface area contributed by atoms with Crippen molar-refractivity contribution in [2.24, 2.45) is 0 Å². The van der Waals surface area contributed by atoms with E-state index in [2.05, 4.69) is 0 Å². The van der Waals surface area contributed by atoms with Gasteiger partial charge in [-0.15, -0.1) is 11.7 Å². The Kier molecular flexibility index (Phi) is 2.34. The quantitative estimate of drug-likeness (QED) is 0.577. The molecule has 11 heavy (non-hydrogen) atoms. The molecule has 0 N–H and O–H groups in total. The highest BCUT2D eigenvalue weighted by atomic mass is 32.3. The maximum atomic E-state index is 11.2. The van der Waals surface area contributed by atoms with Crippen LogP contribution < -0.4 is 0 Å². The van der Waals surface area contributed by atoms with Gasteiger partial charge in [0.25, 0.3) is 11.2 Å². The fraction of sp³-hybridized carbons (Fsp3) is 1.00. The minimum Gasteiger partial charge on any atom is -0.178 e. The number of rotatable bonds is 1. The van der Waals surface area contributed by atoms with Gasteiger partial charge in [0.2, 0.25) is 0 Å². The maximum absolute atomic E-state index is 11.2. The lowest BCUT2D eigenvalue weighted by molar-refractivity contribution is -0.243. The summed E-state index contributed by atoms with van der Waals surface area (Å²) in [6.07, 6.45) is -6.54. The van der Waals surface area contributed by atoms with Crippen molar-refractivity contribution in [2.45, 2.75) is 11.4 Å². The van der Waals surface area contributed by atoms with Gasteiger partial charge in [0, 0.05) is 0 Å². The van der Waals surface area contributed by atoms with E-state index < -0.39 is 22.6 Å². The zero-order valence-electron chi connectivity index (χ0n) is 4.43. The van der Waals surface area contributed by atoms with E-state index in [4.69, 9.17) is 0 Å². The monoisotopic (exact) mass is 208 g/mol. The lowest BCUT2D eigenvalue weighted by Gasteiger charge is -2.23. The van der Waals surface area contributed by atoms with Crippen LogP contribution in [0.15, 0.2) is 0 Å². The predicted octanol–water partition coefficient (Wildman–Crippen LogP) is 3.60. The smallest absolute Gasteiger partial charge is 0.178 e. The van der Waals surface area contributed by atoms with Crippen LogP contribution in [0.25, 0.3) is 0 Å². The molecular weight excluding hydrogens is 208 g/mol. The van der Waals surface area contributed by atoms with E-state index in [-0.39, 0.29) is 0 Å². The molecule has 0 heterocycles. The van der Waals surface area contributed by atoms with E-state index in [0.717, 1.165) is 0 Å². The Morgan fingerprint density at radius 2 is 1.00 bits per heavy atom. The molecule has 0 nitrogen and oxygen atoms in total. The van der Waals surface area contributed by atoms with E-state index in [0.29, 0.717) is 0 Å². The second kappa shape index (κ2) is 2.39. The van der Waals surface area contributed by atoms with E-state index in [1.165, 1.54) is 0 Å². The highest BCUT2D eigenvalue weighted by Crippen LogP contribution is 2.70. The zero-order chi connectivity index (χ0) is 9.50. The van der Waals surface area contributed by atoms with Crippen LogP contribution in [0, 0.1) is 0 Å². The Bertz CT molecular complexity index is 123. The topological polar surface area (TPSA) is 0 Å². The number of hydrogen-bond acceptors (Lipinski definition) is 0. The minimum absolute atomic E-state index is 6.54. The average Bonchev–Trinajstić information content (AvgIpc) is 1.58. The number of alkyl halides is 5. The highest BCUT2D eigenvalue weighted by molar-refractivity contribution is 8.21. The van der Waals surface area contributed by atoms with Gasteiger partial charge in [0.05, 0.1) is 0 Å². The van der Waals surface area contributed by atoms with Crippen LogP contribution in [0.3, 0.4) is 0 Å². The maximum Gasteiger partial charge on any atom is 0.470 e. The van der Waals surface area contributed by atoms with Gasteiger partial charge in [-0.25, -0.2) is 0 Å². The third kappa shape index (κ3) is 1.88. The zero-order valence-corrected chi connectivity index (χ0v) is 5.25. The SMILES string of the molecule is FC(F)(F)C(F)(F)S(F)(F)F. The number of halogens is 8. The van der Waals surface area contributed by atoms with Crippen LogP contribution >= 0.6 is 11.2 Å². The summed E-state index contributed by atoms with van der Waals surface area (Å²) in [5.41, 5.74) is 0. The third-order valence-corrected chi connectivity index (χ3v) is 1.43. The van der Waals surface area contributed by atoms with Crippen molar-refractivity contribution in [3.63, 3.8) is 0 Å². The van der Waals surface area contributed by atoms with Crippen molar-refractivity contribution < 1.29 is 33.6 Å². The average molecular weight is 208 g/mol. The van der Waals surface area contributed by atoms with Gasteiger partial charge in [0.15, 0.2) is 0 Å². The Hall–Kier alpha value is -0.210. The molecule has 0 aromatic heterocycles. The molecule has 0 saturated carbocycles. The van der Waals surface area contributed by atoms with Crippen LogP contribution in [0.4, 0.5) is 33.6 Å². The predicted molar refractivity (Wildman–Crippen MR) is 21.9 cm³/mol. The first kappa shape index (κ1) is 10.8. The lowest BCUT2D eigenvalue weighted by Crippen LogP contribution is -2.36. The molecular formula is C2F8S. The molecule has 0 fully saturated rings. The Morgan fingerprint density at radius 3 is 1.00 bits per heavy atom. The largest absolute Gasteiger partial charge is 0.470 e. The van der Waals surface area contributed by atoms with Crippen LogP contribution in [-0.4, -0.2) is 11.4 Å². The summed E-state index contributed by atoms with van der Waals surface area (Å²) in [6, 6.07) is 0. The van der Waals surface area contributed by atoms with Crippen molar-refractivity contribution in [3.05, 3.63) is 0 Å². The Balaban J connectivity index is 4.75. The molecule has 0 aromatic carbocycles. The van der Waals surface area contributed by atoms with E-state index >= 15 is 0 Å².